The molecule has 0 amide bonds. The average Bonchev–Trinajstić information content (AvgIpc) is 2.76. The molecule has 18 heavy (non-hydrogen) atoms. The molecule has 2 aromatic rings. The Morgan fingerprint density at radius 1 is 1.28 bits per heavy atom. The molecule has 0 bridgehead atoms. The van der Waals surface area contributed by atoms with Gasteiger partial charge in [-0.25, -0.2) is 14.2 Å². The number of hydrogen-bond acceptors (Lipinski definition) is 3. The molecule has 2 rings (SSSR count). The molecule has 2 nitrogen and oxygen atoms in total. The van der Waals surface area contributed by atoms with Crippen LogP contribution in [0.3, 0.4) is 0 Å². The zero-order chi connectivity index (χ0) is 13.3. The summed E-state index contributed by atoms with van der Waals surface area (Å²) < 4.78 is 27.9. The highest BCUT2D eigenvalue weighted by molar-refractivity contribution is 7.10. The number of thiophene rings is 1. The quantitative estimate of drug-likeness (QED) is 0.662. The Bertz CT molecular complexity index is 566. The molecule has 5 heteroatoms. The smallest absolute Gasteiger partial charge is 0.134 e. The fraction of sp³-hybridized carbons (Fsp3) is 0.231. The third kappa shape index (κ3) is 2.29. The SMILES string of the molecule is Cc1cc(C(NN)c2c(F)ccc(C)c2F)cs1. The normalized spacial score (nSPS) is 12.7. The van der Waals surface area contributed by atoms with E-state index in [1.165, 1.54) is 23.5 Å². The summed E-state index contributed by atoms with van der Waals surface area (Å²) in [7, 11) is 0. The Morgan fingerprint density at radius 2 is 2.00 bits per heavy atom. The summed E-state index contributed by atoms with van der Waals surface area (Å²) in [5, 5.41) is 1.85. The average molecular weight is 268 g/mol. The number of hydrazine groups is 1. The van der Waals surface area contributed by atoms with Gasteiger partial charge in [-0.3, -0.25) is 5.84 Å². The monoisotopic (exact) mass is 268 g/mol. The maximum atomic E-state index is 14.1. The summed E-state index contributed by atoms with van der Waals surface area (Å²) in [6.07, 6.45) is 0. The van der Waals surface area contributed by atoms with E-state index in [2.05, 4.69) is 5.43 Å². The van der Waals surface area contributed by atoms with Crippen molar-refractivity contribution in [1.82, 2.24) is 5.43 Å². The van der Waals surface area contributed by atoms with Gasteiger partial charge in [0.2, 0.25) is 0 Å². The minimum Gasteiger partial charge on any atom is -0.271 e. The third-order valence-electron chi connectivity index (χ3n) is 2.86. The van der Waals surface area contributed by atoms with Crippen LogP contribution in [0, 0.1) is 25.5 Å². The van der Waals surface area contributed by atoms with Crippen molar-refractivity contribution in [3.8, 4) is 0 Å². The summed E-state index contributed by atoms with van der Waals surface area (Å²) in [5.74, 6) is 4.31. The predicted molar refractivity (Wildman–Crippen MR) is 69.3 cm³/mol. The molecule has 0 aliphatic rings. The van der Waals surface area contributed by atoms with Gasteiger partial charge in [0.1, 0.15) is 11.6 Å². The van der Waals surface area contributed by atoms with Gasteiger partial charge < -0.3 is 0 Å². The lowest BCUT2D eigenvalue weighted by Gasteiger charge is -2.17. The largest absolute Gasteiger partial charge is 0.271 e. The predicted octanol–water partition coefficient (Wildman–Crippen LogP) is 3.20. The lowest BCUT2D eigenvalue weighted by molar-refractivity contribution is 0.507. The maximum Gasteiger partial charge on any atom is 0.134 e. The fourth-order valence-electron chi connectivity index (χ4n) is 1.90. The first-order valence-electron chi connectivity index (χ1n) is 5.50. The van der Waals surface area contributed by atoms with Gasteiger partial charge in [-0.15, -0.1) is 11.3 Å². The van der Waals surface area contributed by atoms with E-state index in [-0.39, 0.29) is 5.56 Å². The van der Waals surface area contributed by atoms with Crippen molar-refractivity contribution < 1.29 is 8.78 Å². The second-order valence-electron chi connectivity index (χ2n) is 4.18. The Labute approximate surface area is 108 Å². The Kier molecular flexibility index (Phi) is 3.75. The van der Waals surface area contributed by atoms with Gasteiger partial charge in [-0.05, 0) is 42.5 Å². The first-order valence-corrected chi connectivity index (χ1v) is 6.38. The van der Waals surface area contributed by atoms with Crippen molar-refractivity contribution in [2.75, 3.05) is 0 Å². The summed E-state index contributed by atoms with van der Waals surface area (Å²) in [6.45, 7) is 3.54. The van der Waals surface area contributed by atoms with Gasteiger partial charge in [-0.2, -0.15) is 0 Å². The molecule has 0 aliphatic carbocycles. The number of halogens is 2. The van der Waals surface area contributed by atoms with Crippen molar-refractivity contribution in [1.29, 1.82) is 0 Å². The minimum atomic E-state index is -0.671. The van der Waals surface area contributed by atoms with Gasteiger partial charge >= 0.3 is 0 Å². The fourth-order valence-corrected chi connectivity index (χ4v) is 2.63. The molecule has 0 fully saturated rings. The zero-order valence-electron chi connectivity index (χ0n) is 10.1. The topological polar surface area (TPSA) is 38.0 Å². The van der Waals surface area contributed by atoms with E-state index in [1.807, 2.05) is 18.4 Å². The molecule has 0 saturated heterocycles. The molecule has 1 unspecified atom stereocenters. The van der Waals surface area contributed by atoms with Crippen LogP contribution in [0.15, 0.2) is 23.6 Å². The number of aryl methyl sites for hydroxylation is 2. The lowest BCUT2D eigenvalue weighted by Crippen LogP contribution is -2.30. The third-order valence-corrected chi connectivity index (χ3v) is 3.74. The second kappa shape index (κ2) is 5.14. The number of rotatable bonds is 3. The van der Waals surface area contributed by atoms with E-state index in [0.29, 0.717) is 5.56 Å². The van der Waals surface area contributed by atoms with Gasteiger partial charge in [0.15, 0.2) is 0 Å². The van der Waals surface area contributed by atoms with E-state index < -0.39 is 17.7 Å². The van der Waals surface area contributed by atoms with Crippen LogP contribution in [-0.4, -0.2) is 0 Å². The second-order valence-corrected chi connectivity index (χ2v) is 5.30. The van der Waals surface area contributed by atoms with Gasteiger partial charge in [-0.1, -0.05) is 6.07 Å². The van der Waals surface area contributed by atoms with Crippen molar-refractivity contribution in [2.45, 2.75) is 19.9 Å². The lowest BCUT2D eigenvalue weighted by atomic mass is 9.98. The number of nitrogens with one attached hydrogen (secondary N) is 1. The van der Waals surface area contributed by atoms with Crippen LogP contribution in [-0.2, 0) is 0 Å². The van der Waals surface area contributed by atoms with Gasteiger partial charge in [0.25, 0.3) is 0 Å². The van der Waals surface area contributed by atoms with E-state index >= 15 is 0 Å². The minimum absolute atomic E-state index is 0.0321. The van der Waals surface area contributed by atoms with Crippen LogP contribution in [0.5, 0.6) is 0 Å². The number of benzene rings is 1. The maximum absolute atomic E-state index is 14.1. The van der Waals surface area contributed by atoms with Crippen LogP contribution in [0.25, 0.3) is 0 Å². The molecule has 0 spiro atoms. The van der Waals surface area contributed by atoms with Gasteiger partial charge in [0.05, 0.1) is 6.04 Å². The highest BCUT2D eigenvalue weighted by atomic mass is 32.1. The van der Waals surface area contributed by atoms with E-state index in [9.17, 15) is 8.78 Å². The summed E-state index contributed by atoms with van der Waals surface area (Å²) in [6, 6.07) is 3.88. The van der Waals surface area contributed by atoms with Crippen LogP contribution in [0.1, 0.15) is 27.6 Å². The summed E-state index contributed by atoms with van der Waals surface area (Å²) in [5.41, 5.74) is 3.62. The molecule has 0 saturated carbocycles. The first-order chi connectivity index (χ1) is 8.54. The highest BCUT2D eigenvalue weighted by Crippen LogP contribution is 2.30. The van der Waals surface area contributed by atoms with Crippen LogP contribution in [0.2, 0.25) is 0 Å². The molecule has 0 radical (unpaired) electrons. The number of nitrogens with two attached hydrogens (primary N) is 1. The molecule has 1 atom stereocenters. The molecule has 1 heterocycles. The Hall–Kier alpha value is -1.30. The van der Waals surface area contributed by atoms with E-state index in [1.54, 1.807) is 6.92 Å². The highest BCUT2D eigenvalue weighted by Gasteiger charge is 2.22. The molecule has 1 aromatic carbocycles. The van der Waals surface area contributed by atoms with E-state index in [4.69, 9.17) is 5.84 Å². The molecule has 0 aliphatic heterocycles. The number of hydrogen-bond donors (Lipinski definition) is 2. The molecular formula is C13H14F2N2S. The Balaban J connectivity index is 2.55. The van der Waals surface area contributed by atoms with E-state index in [0.717, 1.165) is 10.4 Å². The van der Waals surface area contributed by atoms with Crippen LogP contribution in [0.4, 0.5) is 8.78 Å². The summed E-state index contributed by atoms with van der Waals surface area (Å²) in [4.78, 5) is 1.07. The standard InChI is InChI=1S/C13H14F2N2S/c1-7-3-4-10(14)11(12(7)15)13(17-16)9-5-8(2)18-6-9/h3-6,13,17H,16H2,1-2H3. The molecule has 1 aromatic heterocycles. The first kappa shape index (κ1) is 13.1. The molecular weight excluding hydrogens is 254 g/mol. The van der Waals surface area contributed by atoms with Crippen LogP contribution < -0.4 is 11.3 Å². The van der Waals surface area contributed by atoms with Crippen molar-refractivity contribution >= 4 is 11.3 Å². The van der Waals surface area contributed by atoms with Crippen molar-refractivity contribution in [3.63, 3.8) is 0 Å². The van der Waals surface area contributed by atoms with Crippen molar-refractivity contribution in [2.24, 2.45) is 5.84 Å². The molecule has 96 valence electrons. The summed E-state index contributed by atoms with van der Waals surface area (Å²) >= 11 is 1.52. The van der Waals surface area contributed by atoms with Crippen molar-refractivity contribution in [3.05, 3.63) is 56.8 Å². The molecule has 3 N–H and O–H groups in total. The van der Waals surface area contributed by atoms with Gasteiger partial charge in [0, 0.05) is 10.4 Å². The Morgan fingerprint density at radius 3 is 2.56 bits per heavy atom. The van der Waals surface area contributed by atoms with Crippen LogP contribution >= 0.6 is 11.3 Å². The zero-order valence-corrected chi connectivity index (χ0v) is 10.9.